The van der Waals surface area contributed by atoms with E-state index in [-0.39, 0.29) is 24.1 Å². The molecule has 2 aromatic rings. The summed E-state index contributed by atoms with van der Waals surface area (Å²) in [6.07, 6.45) is 1.57. The average molecular weight is 332 g/mol. The number of urea groups is 1. The molecule has 124 valence electrons. The summed E-state index contributed by atoms with van der Waals surface area (Å²) in [6, 6.07) is 7.47. The zero-order chi connectivity index (χ0) is 17.5. The molecule has 0 aliphatic carbocycles. The lowest BCUT2D eigenvalue weighted by molar-refractivity contribution is 0.223. The summed E-state index contributed by atoms with van der Waals surface area (Å²) < 4.78 is 31.5. The van der Waals surface area contributed by atoms with E-state index in [2.05, 4.69) is 10.3 Å². The van der Waals surface area contributed by atoms with Crippen LogP contribution in [0.3, 0.4) is 0 Å². The lowest BCUT2D eigenvalue weighted by Crippen LogP contribution is -2.32. The first kappa shape index (κ1) is 17.1. The highest BCUT2D eigenvalue weighted by molar-refractivity contribution is 5.88. The minimum absolute atomic E-state index is 0.0938. The number of nitrogens with one attached hydrogen (secondary N) is 1. The third-order valence-electron chi connectivity index (χ3n) is 3.00. The number of hydrogen-bond donors (Lipinski definition) is 1. The maximum absolute atomic E-state index is 13.5. The molecule has 1 aromatic carbocycles. The molecule has 1 aromatic heterocycles. The fourth-order valence-electron chi connectivity index (χ4n) is 1.72. The fraction of sp³-hybridized carbons (Fsp3) is 0.188. The van der Waals surface area contributed by atoms with Gasteiger partial charge in [0, 0.05) is 25.7 Å². The Kier molecular flexibility index (Phi) is 5.63. The van der Waals surface area contributed by atoms with E-state index in [1.807, 2.05) is 6.07 Å². The van der Waals surface area contributed by atoms with E-state index in [9.17, 15) is 13.6 Å². The number of halogens is 2. The van der Waals surface area contributed by atoms with Crippen molar-refractivity contribution in [2.45, 2.75) is 6.42 Å². The van der Waals surface area contributed by atoms with Crippen molar-refractivity contribution in [3.63, 3.8) is 0 Å². The molecule has 6 nitrogen and oxygen atoms in total. The molecule has 0 radical (unpaired) electrons. The van der Waals surface area contributed by atoms with E-state index in [0.717, 1.165) is 12.1 Å². The van der Waals surface area contributed by atoms with E-state index in [1.54, 1.807) is 7.05 Å². The maximum atomic E-state index is 13.5. The van der Waals surface area contributed by atoms with Crippen molar-refractivity contribution in [3.8, 4) is 17.7 Å². The predicted octanol–water partition coefficient (Wildman–Crippen LogP) is 3.53. The first-order chi connectivity index (χ1) is 11.5. The van der Waals surface area contributed by atoms with Gasteiger partial charge in [-0.3, -0.25) is 0 Å². The standard InChI is InChI=1S/C16H14F2N4O2/c1-22(8-2-7-19)16(23)21-12-4-6-15(20-10-12)24-14-5-3-11(17)9-13(14)18/h3-6,9-10H,2,8H2,1H3,(H,21,23). The van der Waals surface area contributed by atoms with Gasteiger partial charge in [0.05, 0.1) is 24.4 Å². The average Bonchev–Trinajstić information content (AvgIpc) is 2.56. The van der Waals surface area contributed by atoms with E-state index < -0.39 is 11.6 Å². The number of aromatic nitrogens is 1. The molecular weight excluding hydrogens is 318 g/mol. The fourth-order valence-corrected chi connectivity index (χ4v) is 1.72. The third-order valence-corrected chi connectivity index (χ3v) is 3.00. The number of rotatable bonds is 5. The molecule has 2 rings (SSSR count). The Labute approximate surface area is 137 Å². The highest BCUT2D eigenvalue weighted by atomic mass is 19.1. The van der Waals surface area contributed by atoms with Crippen LogP contribution in [0.5, 0.6) is 11.6 Å². The van der Waals surface area contributed by atoms with Crippen molar-refractivity contribution in [2.24, 2.45) is 0 Å². The van der Waals surface area contributed by atoms with E-state index in [0.29, 0.717) is 18.3 Å². The van der Waals surface area contributed by atoms with Crippen LogP contribution in [0.25, 0.3) is 0 Å². The summed E-state index contributed by atoms with van der Waals surface area (Å²) in [7, 11) is 1.56. The van der Waals surface area contributed by atoms with Gasteiger partial charge in [-0.05, 0) is 18.2 Å². The maximum Gasteiger partial charge on any atom is 0.321 e. The molecule has 0 bridgehead atoms. The lowest BCUT2D eigenvalue weighted by Gasteiger charge is -2.16. The zero-order valence-electron chi connectivity index (χ0n) is 12.8. The van der Waals surface area contributed by atoms with Gasteiger partial charge in [0.25, 0.3) is 0 Å². The molecule has 0 saturated carbocycles. The number of nitriles is 1. The normalized spacial score (nSPS) is 9.92. The molecular formula is C16H14F2N4O2. The summed E-state index contributed by atoms with van der Waals surface area (Å²) in [5.74, 6) is -1.60. The molecule has 1 heterocycles. The van der Waals surface area contributed by atoms with Gasteiger partial charge in [0.15, 0.2) is 11.6 Å². The number of amides is 2. The summed E-state index contributed by atoms with van der Waals surface area (Å²) in [5, 5.41) is 11.1. The van der Waals surface area contributed by atoms with Gasteiger partial charge in [-0.15, -0.1) is 0 Å². The van der Waals surface area contributed by atoms with E-state index in [4.69, 9.17) is 10.00 Å². The molecule has 1 N–H and O–H groups in total. The Morgan fingerprint density at radius 2 is 2.17 bits per heavy atom. The van der Waals surface area contributed by atoms with Gasteiger partial charge in [-0.25, -0.2) is 18.6 Å². The highest BCUT2D eigenvalue weighted by Crippen LogP contribution is 2.24. The molecule has 0 aliphatic heterocycles. The van der Waals surface area contributed by atoms with Crippen LogP contribution < -0.4 is 10.1 Å². The Bertz CT molecular complexity index is 760. The lowest BCUT2D eigenvalue weighted by atomic mass is 10.3. The number of carbonyl (C=O) groups is 1. The Balaban J connectivity index is 1.98. The number of pyridine rings is 1. The zero-order valence-corrected chi connectivity index (χ0v) is 12.8. The summed E-state index contributed by atoms with van der Waals surface area (Å²) >= 11 is 0. The van der Waals surface area contributed by atoms with Crippen molar-refractivity contribution in [3.05, 3.63) is 48.2 Å². The van der Waals surface area contributed by atoms with Crippen LogP contribution in [-0.2, 0) is 0 Å². The SMILES string of the molecule is CN(CCC#N)C(=O)Nc1ccc(Oc2ccc(F)cc2F)nc1. The topological polar surface area (TPSA) is 78.2 Å². The second kappa shape index (κ2) is 7.87. The second-order valence-electron chi connectivity index (χ2n) is 4.82. The number of nitrogens with zero attached hydrogens (tertiary/aromatic N) is 3. The van der Waals surface area contributed by atoms with Crippen LogP contribution >= 0.6 is 0 Å². The molecule has 0 aliphatic rings. The number of carbonyl (C=O) groups excluding carboxylic acids is 1. The number of anilines is 1. The van der Waals surface area contributed by atoms with Gasteiger partial charge in [0.1, 0.15) is 5.82 Å². The predicted molar refractivity (Wildman–Crippen MR) is 82.5 cm³/mol. The van der Waals surface area contributed by atoms with Crippen molar-refractivity contribution in [1.82, 2.24) is 9.88 Å². The summed E-state index contributed by atoms with van der Waals surface area (Å²) in [6.45, 7) is 0.306. The molecule has 0 spiro atoms. The molecule has 2 amide bonds. The molecule has 24 heavy (non-hydrogen) atoms. The van der Waals surface area contributed by atoms with E-state index >= 15 is 0 Å². The van der Waals surface area contributed by atoms with Crippen molar-refractivity contribution >= 4 is 11.7 Å². The van der Waals surface area contributed by atoms with Crippen LogP contribution in [0, 0.1) is 23.0 Å². The van der Waals surface area contributed by atoms with Crippen LogP contribution in [-0.4, -0.2) is 29.5 Å². The Morgan fingerprint density at radius 3 is 2.79 bits per heavy atom. The summed E-state index contributed by atoms with van der Waals surface area (Å²) in [4.78, 5) is 17.1. The first-order valence-corrected chi connectivity index (χ1v) is 6.97. The van der Waals surface area contributed by atoms with Gasteiger partial charge < -0.3 is 15.0 Å². The second-order valence-corrected chi connectivity index (χ2v) is 4.82. The van der Waals surface area contributed by atoms with Crippen molar-refractivity contribution in [2.75, 3.05) is 18.9 Å². The highest BCUT2D eigenvalue weighted by Gasteiger charge is 2.10. The molecule has 0 fully saturated rings. The van der Waals surface area contributed by atoms with Gasteiger partial charge in [-0.1, -0.05) is 0 Å². The van der Waals surface area contributed by atoms with Gasteiger partial charge in [0.2, 0.25) is 5.88 Å². The van der Waals surface area contributed by atoms with Crippen molar-refractivity contribution < 1.29 is 18.3 Å². The molecule has 0 saturated heterocycles. The Morgan fingerprint density at radius 1 is 1.38 bits per heavy atom. The minimum atomic E-state index is -0.840. The van der Waals surface area contributed by atoms with Crippen LogP contribution in [0.1, 0.15) is 6.42 Å². The van der Waals surface area contributed by atoms with Gasteiger partial charge >= 0.3 is 6.03 Å². The van der Waals surface area contributed by atoms with Gasteiger partial charge in [-0.2, -0.15) is 5.26 Å². The number of ether oxygens (including phenoxy) is 1. The monoisotopic (exact) mass is 332 g/mol. The quantitative estimate of drug-likeness (QED) is 0.908. The molecule has 8 heteroatoms. The third kappa shape index (κ3) is 4.64. The number of hydrogen-bond acceptors (Lipinski definition) is 4. The van der Waals surface area contributed by atoms with E-state index in [1.165, 1.54) is 23.2 Å². The van der Waals surface area contributed by atoms with Crippen LogP contribution in [0.4, 0.5) is 19.3 Å². The number of benzene rings is 1. The largest absolute Gasteiger partial charge is 0.436 e. The van der Waals surface area contributed by atoms with Crippen LogP contribution in [0.15, 0.2) is 36.5 Å². The molecule has 0 unspecified atom stereocenters. The Hall–Kier alpha value is -3.21. The first-order valence-electron chi connectivity index (χ1n) is 6.97. The van der Waals surface area contributed by atoms with Crippen LogP contribution in [0.2, 0.25) is 0 Å². The smallest absolute Gasteiger partial charge is 0.321 e. The minimum Gasteiger partial charge on any atom is -0.436 e. The van der Waals surface area contributed by atoms with Crippen molar-refractivity contribution in [1.29, 1.82) is 5.26 Å². The molecule has 0 atom stereocenters. The summed E-state index contributed by atoms with van der Waals surface area (Å²) in [5.41, 5.74) is 0.413.